The highest BCUT2D eigenvalue weighted by Gasteiger charge is 2.08. The average molecular weight is 241 g/mol. The smallest absolute Gasteiger partial charge is 0.124 e. The monoisotopic (exact) mass is 241 g/mol. The first-order valence-corrected chi connectivity index (χ1v) is 5.50. The molecule has 0 saturated heterocycles. The predicted octanol–water partition coefficient (Wildman–Crippen LogP) is 2.73. The number of nitriles is 1. The molecule has 0 amide bonds. The molecule has 0 aliphatic heterocycles. The SMILES string of the molecule is CN(Cc1cccnc1)c1ccc(F)cc1C#N. The number of anilines is 1. The molecule has 90 valence electrons. The van der Waals surface area contributed by atoms with Crippen LogP contribution >= 0.6 is 0 Å². The van der Waals surface area contributed by atoms with E-state index in [9.17, 15) is 4.39 Å². The lowest BCUT2D eigenvalue weighted by atomic mass is 10.1. The van der Waals surface area contributed by atoms with Crippen LogP contribution in [0.25, 0.3) is 0 Å². The molecule has 1 aromatic heterocycles. The number of nitrogens with zero attached hydrogens (tertiary/aromatic N) is 3. The lowest BCUT2D eigenvalue weighted by Crippen LogP contribution is -2.17. The van der Waals surface area contributed by atoms with Gasteiger partial charge in [-0.15, -0.1) is 0 Å². The first-order valence-electron chi connectivity index (χ1n) is 5.50. The van der Waals surface area contributed by atoms with E-state index in [0.29, 0.717) is 17.8 Å². The van der Waals surface area contributed by atoms with E-state index in [1.54, 1.807) is 18.5 Å². The normalized spacial score (nSPS) is 9.83. The van der Waals surface area contributed by atoms with Gasteiger partial charge in [0, 0.05) is 26.0 Å². The van der Waals surface area contributed by atoms with Crippen molar-refractivity contribution in [2.75, 3.05) is 11.9 Å². The largest absolute Gasteiger partial charge is 0.369 e. The van der Waals surface area contributed by atoms with Crippen LogP contribution in [0.15, 0.2) is 42.7 Å². The second kappa shape index (κ2) is 5.28. The van der Waals surface area contributed by atoms with Crippen LogP contribution in [0.2, 0.25) is 0 Å². The van der Waals surface area contributed by atoms with Crippen molar-refractivity contribution in [3.63, 3.8) is 0 Å². The minimum atomic E-state index is -0.398. The standard InChI is InChI=1S/C14H12FN3/c1-18(10-11-3-2-6-17-9-11)14-5-4-13(15)7-12(14)8-16/h2-7,9H,10H2,1H3. The van der Waals surface area contributed by atoms with Crippen molar-refractivity contribution >= 4 is 5.69 Å². The fraction of sp³-hybridized carbons (Fsp3) is 0.143. The van der Waals surface area contributed by atoms with Gasteiger partial charge in [0.15, 0.2) is 0 Å². The van der Waals surface area contributed by atoms with E-state index < -0.39 is 5.82 Å². The van der Waals surface area contributed by atoms with E-state index in [4.69, 9.17) is 5.26 Å². The number of aromatic nitrogens is 1. The molecule has 0 aliphatic carbocycles. The molecule has 2 aromatic rings. The van der Waals surface area contributed by atoms with Gasteiger partial charge in [-0.2, -0.15) is 5.26 Å². The molecule has 18 heavy (non-hydrogen) atoms. The van der Waals surface area contributed by atoms with Crippen molar-refractivity contribution in [2.24, 2.45) is 0 Å². The molecule has 0 spiro atoms. The van der Waals surface area contributed by atoms with Crippen LogP contribution < -0.4 is 4.90 Å². The van der Waals surface area contributed by atoms with Crippen LogP contribution in [0.5, 0.6) is 0 Å². The van der Waals surface area contributed by atoms with Gasteiger partial charge in [-0.05, 0) is 29.8 Å². The van der Waals surface area contributed by atoms with Gasteiger partial charge in [0.1, 0.15) is 11.9 Å². The van der Waals surface area contributed by atoms with Crippen molar-refractivity contribution in [2.45, 2.75) is 6.54 Å². The zero-order chi connectivity index (χ0) is 13.0. The summed E-state index contributed by atoms with van der Waals surface area (Å²) in [5, 5.41) is 9.00. The molecule has 3 nitrogen and oxygen atoms in total. The van der Waals surface area contributed by atoms with Crippen molar-refractivity contribution in [1.82, 2.24) is 4.98 Å². The second-order valence-corrected chi connectivity index (χ2v) is 3.99. The third kappa shape index (κ3) is 2.64. The Bertz CT molecular complexity index is 575. The summed E-state index contributed by atoms with van der Waals surface area (Å²) in [6.07, 6.45) is 3.48. The predicted molar refractivity (Wildman–Crippen MR) is 67.5 cm³/mol. The topological polar surface area (TPSA) is 39.9 Å². The molecule has 0 aliphatic rings. The number of pyridine rings is 1. The van der Waals surface area contributed by atoms with Crippen molar-refractivity contribution in [3.8, 4) is 6.07 Å². The number of hydrogen-bond acceptors (Lipinski definition) is 3. The summed E-state index contributed by atoms with van der Waals surface area (Å²) in [4.78, 5) is 5.93. The first kappa shape index (κ1) is 12.1. The minimum absolute atomic E-state index is 0.335. The fourth-order valence-electron chi connectivity index (χ4n) is 1.78. The summed E-state index contributed by atoms with van der Waals surface area (Å²) in [6.45, 7) is 0.619. The Labute approximate surface area is 105 Å². The Morgan fingerprint density at radius 1 is 1.39 bits per heavy atom. The van der Waals surface area contributed by atoms with E-state index in [1.165, 1.54) is 12.1 Å². The van der Waals surface area contributed by atoms with E-state index >= 15 is 0 Å². The van der Waals surface area contributed by atoms with Gasteiger partial charge in [0.25, 0.3) is 0 Å². The highest BCUT2D eigenvalue weighted by Crippen LogP contribution is 2.21. The molecule has 0 radical (unpaired) electrons. The van der Waals surface area contributed by atoms with E-state index in [0.717, 1.165) is 5.56 Å². The molecule has 2 rings (SSSR count). The molecule has 1 heterocycles. The van der Waals surface area contributed by atoms with Gasteiger partial charge >= 0.3 is 0 Å². The summed E-state index contributed by atoms with van der Waals surface area (Å²) in [7, 11) is 1.86. The van der Waals surface area contributed by atoms with Crippen LogP contribution in [0.1, 0.15) is 11.1 Å². The molecule has 0 bridgehead atoms. The van der Waals surface area contributed by atoms with Gasteiger partial charge in [0.05, 0.1) is 11.3 Å². The number of rotatable bonds is 3. The zero-order valence-corrected chi connectivity index (χ0v) is 9.97. The van der Waals surface area contributed by atoms with Crippen LogP contribution in [-0.2, 0) is 6.54 Å². The van der Waals surface area contributed by atoms with Gasteiger partial charge in [-0.25, -0.2) is 4.39 Å². The molecule has 0 fully saturated rings. The minimum Gasteiger partial charge on any atom is -0.369 e. The summed E-state index contributed by atoms with van der Waals surface area (Å²) >= 11 is 0. The van der Waals surface area contributed by atoms with Crippen LogP contribution in [-0.4, -0.2) is 12.0 Å². The maximum absolute atomic E-state index is 13.0. The van der Waals surface area contributed by atoms with Crippen molar-refractivity contribution in [1.29, 1.82) is 5.26 Å². The molecule has 0 unspecified atom stereocenters. The highest BCUT2D eigenvalue weighted by molar-refractivity contribution is 5.59. The summed E-state index contributed by atoms with van der Waals surface area (Å²) < 4.78 is 13.0. The third-order valence-electron chi connectivity index (χ3n) is 2.63. The van der Waals surface area contributed by atoms with Gasteiger partial charge in [-0.3, -0.25) is 4.98 Å². The highest BCUT2D eigenvalue weighted by atomic mass is 19.1. The maximum atomic E-state index is 13.0. The van der Waals surface area contributed by atoms with Gasteiger partial charge in [-0.1, -0.05) is 6.07 Å². The summed E-state index contributed by atoms with van der Waals surface area (Å²) in [6, 6.07) is 10.0. The Morgan fingerprint density at radius 3 is 2.89 bits per heavy atom. The van der Waals surface area contributed by atoms with Crippen LogP contribution in [0, 0.1) is 17.1 Å². The lowest BCUT2D eigenvalue weighted by molar-refractivity contribution is 0.627. The Hall–Kier alpha value is -2.41. The average Bonchev–Trinajstić information content (AvgIpc) is 2.39. The lowest BCUT2D eigenvalue weighted by Gasteiger charge is -2.20. The first-order chi connectivity index (χ1) is 8.70. The molecule has 4 heteroatoms. The second-order valence-electron chi connectivity index (χ2n) is 3.99. The van der Waals surface area contributed by atoms with E-state index in [2.05, 4.69) is 4.98 Å². The fourth-order valence-corrected chi connectivity index (χ4v) is 1.78. The van der Waals surface area contributed by atoms with Crippen molar-refractivity contribution < 1.29 is 4.39 Å². The zero-order valence-electron chi connectivity index (χ0n) is 9.97. The Kier molecular flexibility index (Phi) is 3.54. The van der Waals surface area contributed by atoms with E-state index in [1.807, 2.05) is 30.1 Å². The van der Waals surface area contributed by atoms with Crippen LogP contribution in [0.4, 0.5) is 10.1 Å². The Morgan fingerprint density at radius 2 is 2.22 bits per heavy atom. The number of hydrogen-bond donors (Lipinski definition) is 0. The maximum Gasteiger partial charge on any atom is 0.124 e. The molecule has 1 aromatic carbocycles. The molecule has 0 atom stereocenters. The van der Waals surface area contributed by atoms with Crippen LogP contribution in [0.3, 0.4) is 0 Å². The Balaban J connectivity index is 2.24. The molecular formula is C14H12FN3. The number of halogens is 1. The van der Waals surface area contributed by atoms with Gasteiger partial charge in [0.2, 0.25) is 0 Å². The van der Waals surface area contributed by atoms with Crippen molar-refractivity contribution in [3.05, 3.63) is 59.7 Å². The summed E-state index contributed by atoms with van der Waals surface area (Å²) in [5.74, 6) is -0.398. The quantitative estimate of drug-likeness (QED) is 0.829. The summed E-state index contributed by atoms with van der Waals surface area (Å²) in [5.41, 5.74) is 2.08. The molecule has 0 saturated carbocycles. The van der Waals surface area contributed by atoms with E-state index in [-0.39, 0.29) is 0 Å². The third-order valence-corrected chi connectivity index (χ3v) is 2.63. The van der Waals surface area contributed by atoms with Gasteiger partial charge < -0.3 is 4.90 Å². The molecular weight excluding hydrogens is 229 g/mol. The molecule has 0 N–H and O–H groups in total. The number of benzene rings is 1.